The summed E-state index contributed by atoms with van der Waals surface area (Å²) >= 11 is 0. The molecule has 1 aliphatic heterocycles. The molecule has 0 saturated carbocycles. The second-order valence-electron chi connectivity index (χ2n) is 5.08. The van der Waals surface area contributed by atoms with Gasteiger partial charge in [-0.1, -0.05) is 26.0 Å². The molecule has 2 rings (SSSR count). The number of hydrogen-bond acceptors (Lipinski definition) is 2. The third kappa shape index (κ3) is 2.32. The maximum atomic E-state index is 13.9. The Kier molecular flexibility index (Phi) is 3.55. The molecule has 19 heavy (non-hydrogen) atoms. The Hall–Kier alpha value is -1.91. The van der Waals surface area contributed by atoms with Gasteiger partial charge in [-0.05, 0) is 25.0 Å². The molecule has 0 bridgehead atoms. The van der Waals surface area contributed by atoms with Crippen molar-refractivity contribution < 1.29 is 14.0 Å². The second kappa shape index (κ2) is 4.99. The summed E-state index contributed by atoms with van der Waals surface area (Å²) in [5.74, 6) is -1.13. The summed E-state index contributed by atoms with van der Waals surface area (Å²) in [4.78, 5) is 25.6. The maximum absolute atomic E-state index is 13.9. The zero-order valence-electron chi connectivity index (χ0n) is 11.2. The van der Waals surface area contributed by atoms with Crippen molar-refractivity contribution in [3.8, 4) is 0 Å². The Morgan fingerprint density at radius 1 is 1.26 bits per heavy atom. The second-order valence-corrected chi connectivity index (χ2v) is 5.08. The van der Waals surface area contributed by atoms with Gasteiger partial charge in [-0.25, -0.2) is 4.39 Å². The molecule has 5 heteroatoms. The lowest BCUT2D eigenvalue weighted by molar-refractivity contribution is -0.134. The van der Waals surface area contributed by atoms with Gasteiger partial charge in [-0.2, -0.15) is 0 Å². The summed E-state index contributed by atoms with van der Waals surface area (Å²) < 4.78 is 13.9. The monoisotopic (exact) mass is 264 g/mol. The molecule has 1 heterocycles. The zero-order valence-corrected chi connectivity index (χ0v) is 11.2. The molecule has 1 aliphatic rings. The number of nitrogens with zero attached hydrogens (tertiary/aromatic N) is 1. The van der Waals surface area contributed by atoms with Crippen molar-refractivity contribution in [1.29, 1.82) is 0 Å². The molecule has 2 atom stereocenters. The van der Waals surface area contributed by atoms with Crippen LogP contribution in [0.2, 0.25) is 0 Å². The Morgan fingerprint density at radius 3 is 2.47 bits per heavy atom. The highest BCUT2D eigenvalue weighted by Crippen LogP contribution is 2.27. The van der Waals surface area contributed by atoms with Gasteiger partial charge in [0.15, 0.2) is 0 Å². The van der Waals surface area contributed by atoms with Gasteiger partial charge < -0.3 is 5.32 Å². The number of halogens is 1. The summed E-state index contributed by atoms with van der Waals surface area (Å²) in [5, 5.41) is 2.63. The van der Waals surface area contributed by atoms with Gasteiger partial charge in [0.25, 0.3) is 0 Å². The SMILES string of the molecule is CC1NC(=O)C(C(C)C)N(c2ccccc2F)C1=O. The van der Waals surface area contributed by atoms with E-state index in [9.17, 15) is 14.0 Å². The van der Waals surface area contributed by atoms with Crippen LogP contribution in [0, 0.1) is 11.7 Å². The van der Waals surface area contributed by atoms with Crippen molar-refractivity contribution in [2.75, 3.05) is 4.90 Å². The lowest BCUT2D eigenvalue weighted by Gasteiger charge is -2.39. The first-order valence-corrected chi connectivity index (χ1v) is 6.31. The standard InChI is InChI=1S/C14H17FN2O2/c1-8(2)12-13(18)16-9(3)14(19)17(12)11-7-5-4-6-10(11)15/h4-9,12H,1-3H3,(H,16,18). The molecule has 0 aromatic heterocycles. The highest BCUT2D eigenvalue weighted by molar-refractivity contribution is 6.08. The summed E-state index contributed by atoms with van der Waals surface area (Å²) in [5.41, 5.74) is 0.160. The minimum absolute atomic E-state index is 0.101. The molecule has 1 aromatic rings. The van der Waals surface area contributed by atoms with Crippen LogP contribution in [0.15, 0.2) is 24.3 Å². The zero-order chi connectivity index (χ0) is 14.2. The molecule has 102 valence electrons. The average molecular weight is 264 g/mol. The molecular weight excluding hydrogens is 247 g/mol. The number of nitrogens with one attached hydrogen (secondary N) is 1. The topological polar surface area (TPSA) is 49.4 Å². The molecule has 2 unspecified atom stereocenters. The van der Waals surface area contributed by atoms with Crippen molar-refractivity contribution in [3.05, 3.63) is 30.1 Å². The van der Waals surface area contributed by atoms with E-state index in [0.717, 1.165) is 0 Å². The van der Waals surface area contributed by atoms with Gasteiger partial charge in [-0.15, -0.1) is 0 Å². The van der Waals surface area contributed by atoms with Crippen LogP contribution < -0.4 is 10.2 Å². The van der Waals surface area contributed by atoms with Crippen molar-refractivity contribution in [2.45, 2.75) is 32.9 Å². The number of benzene rings is 1. The third-order valence-corrected chi connectivity index (χ3v) is 3.26. The largest absolute Gasteiger partial charge is 0.343 e. The van der Waals surface area contributed by atoms with Crippen LogP contribution in [0.25, 0.3) is 0 Å². The van der Waals surface area contributed by atoms with Crippen LogP contribution in [-0.2, 0) is 9.59 Å². The van der Waals surface area contributed by atoms with Crippen LogP contribution in [-0.4, -0.2) is 23.9 Å². The minimum atomic E-state index is -0.680. The Labute approximate surface area is 111 Å². The molecular formula is C14H17FN2O2. The highest BCUT2D eigenvalue weighted by atomic mass is 19.1. The quantitative estimate of drug-likeness (QED) is 0.884. The Bertz CT molecular complexity index is 516. The number of anilines is 1. The number of piperazine rings is 1. The van der Waals surface area contributed by atoms with Gasteiger partial charge in [-0.3, -0.25) is 14.5 Å². The van der Waals surface area contributed by atoms with Crippen LogP contribution in [0.4, 0.5) is 10.1 Å². The lowest BCUT2D eigenvalue weighted by Crippen LogP contribution is -2.64. The van der Waals surface area contributed by atoms with E-state index in [1.165, 1.54) is 17.0 Å². The van der Waals surface area contributed by atoms with Crippen LogP contribution in [0.3, 0.4) is 0 Å². The molecule has 1 N–H and O–H groups in total. The first-order chi connectivity index (χ1) is 8.93. The summed E-state index contributed by atoms with van der Waals surface area (Å²) in [7, 11) is 0. The number of rotatable bonds is 2. The predicted octanol–water partition coefficient (Wildman–Crippen LogP) is 1.70. The normalized spacial score (nSPS) is 23.7. The van der Waals surface area contributed by atoms with Crippen LogP contribution in [0.1, 0.15) is 20.8 Å². The molecule has 0 spiro atoms. The third-order valence-electron chi connectivity index (χ3n) is 3.26. The van der Waals surface area contributed by atoms with Crippen molar-refractivity contribution in [3.63, 3.8) is 0 Å². The van der Waals surface area contributed by atoms with E-state index in [-0.39, 0.29) is 23.4 Å². The molecule has 1 saturated heterocycles. The van der Waals surface area contributed by atoms with Gasteiger partial charge in [0, 0.05) is 0 Å². The number of amides is 2. The molecule has 4 nitrogen and oxygen atoms in total. The first kappa shape index (κ1) is 13.5. The van der Waals surface area contributed by atoms with E-state index in [1.54, 1.807) is 19.1 Å². The van der Waals surface area contributed by atoms with Crippen LogP contribution >= 0.6 is 0 Å². The summed E-state index contributed by atoms with van der Waals surface area (Å²) in [6.45, 7) is 5.27. The van der Waals surface area contributed by atoms with Crippen LogP contribution in [0.5, 0.6) is 0 Å². The van der Waals surface area contributed by atoms with Gasteiger partial charge >= 0.3 is 0 Å². The van der Waals surface area contributed by atoms with E-state index < -0.39 is 17.9 Å². The first-order valence-electron chi connectivity index (χ1n) is 6.31. The number of hydrogen-bond donors (Lipinski definition) is 1. The van der Waals surface area contributed by atoms with Gasteiger partial charge in [0.05, 0.1) is 5.69 Å². The summed E-state index contributed by atoms with van der Waals surface area (Å²) in [6.07, 6.45) is 0. The Morgan fingerprint density at radius 2 is 1.89 bits per heavy atom. The number of para-hydroxylation sites is 1. The van der Waals surface area contributed by atoms with Gasteiger partial charge in [0.1, 0.15) is 17.9 Å². The predicted molar refractivity (Wildman–Crippen MR) is 70.1 cm³/mol. The lowest BCUT2D eigenvalue weighted by atomic mass is 9.96. The minimum Gasteiger partial charge on any atom is -0.343 e. The smallest absolute Gasteiger partial charge is 0.250 e. The van der Waals surface area contributed by atoms with Crippen molar-refractivity contribution in [2.24, 2.45) is 5.92 Å². The Balaban J connectivity index is 2.51. The maximum Gasteiger partial charge on any atom is 0.250 e. The number of carbonyl (C=O) groups is 2. The number of carbonyl (C=O) groups excluding carboxylic acids is 2. The molecule has 1 aromatic carbocycles. The fourth-order valence-electron chi connectivity index (χ4n) is 2.34. The fourth-order valence-corrected chi connectivity index (χ4v) is 2.34. The van der Waals surface area contributed by atoms with E-state index in [1.807, 2.05) is 13.8 Å². The van der Waals surface area contributed by atoms with E-state index in [0.29, 0.717) is 0 Å². The van der Waals surface area contributed by atoms with Crippen molar-refractivity contribution in [1.82, 2.24) is 5.32 Å². The molecule has 1 fully saturated rings. The van der Waals surface area contributed by atoms with Crippen molar-refractivity contribution >= 4 is 17.5 Å². The molecule has 0 radical (unpaired) electrons. The van der Waals surface area contributed by atoms with E-state index >= 15 is 0 Å². The average Bonchev–Trinajstić information content (AvgIpc) is 2.34. The molecule has 2 amide bonds. The highest BCUT2D eigenvalue weighted by Gasteiger charge is 2.41. The van der Waals surface area contributed by atoms with E-state index in [2.05, 4.69) is 5.32 Å². The van der Waals surface area contributed by atoms with Gasteiger partial charge in [0.2, 0.25) is 11.8 Å². The summed E-state index contributed by atoms with van der Waals surface area (Å²) in [6, 6.07) is 4.70. The van der Waals surface area contributed by atoms with E-state index in [4.69, 9.17) is 0 Å². The fraction of sp³-hybridized carbons (Fsp3) is 0.429. The molecule has 0 aliphatic carbocycles.